The number of amides is 2. The molecule has 1 atom stereocenters. The first-order valence-electron chi connectivity index (χ1n) is 8.79. The zero-order valence-electron chi connectivity index (χ0n) is 15.4. The van der Waals surface area contributed by atoms with Crippen LogP contribution in [0.5, 0.6) is 17.2 Å². The summed E-state index contributed by atoms with van der Waals surface area (Å²) in [5.41, 5.74) is 0.782. The molecule has 10 heteroatoms. The number of ether oxygens (including phenoxy) is 3. The average molecular weight is 399 g/mol. The van der Waals surface area contributed by atoms with E-state index in [4.69, 9.17) is 14.2 Å². The van der Waals surface area contributed by atoms with Crippen LogP contribution in [0.25, 0.3) is 0 Å². The van der Waals surface area contributed by atoms with Crippen molar-refractivity contribution in [3.05, 3.63) is 46.5 Å². The van der Waals surface area contributed by atoms with E-state index in [0.717, 1.165) is 0 Å². The Kier molecular flexibility index (Phi) is 4.67. The van der Waals surface area contributed by atoms with E-state index in [-0.39, 0.29) is 43.0 Å². The van der Waals surface area contributed by atoms with Crippen LogP contribution in [0.2, 0.25) is 0 Å². The number of fused-ring (bicyclic) bond motifs is 1. The van der Waals surface area contributed by atoms with Crippen LogP contribution >= 0.6 is 0 Å². The minimum absolute atomic E-state index is 0.0512. The maximum atomic E-state index is 12.7. The molecule has 29 heavy (non-hydrogen) atoms. The van der Waals surface area contributed by atoms with E-state index in [1.54, 1.807) is 18.2 Å². The van der Waals surface area contributed by atoms with E-state index in [1.807, 2.05) is 0 Å². The molecular weight excluding hydrogens is 382 g/mol. The number of nitrogens with one attached hydrogen (secondary N) is 1. The SMILES string of the molecule is COc1cc([N+](=O)[O-])ccc1NC(=O)C1CC(=O)N(c2ccc3c(c2)OCO3)C1. The minimum Gasteiger partial charge on any atom is -0.494 e. The van der Waals surface area contributed by atoms with Crippen molar-refractivity contribution < 1.29 is 28.7 Å². The number of anilines is 2. The molecule has 2 aromatic rings. The lowest BCUT2D eigenvalue weighted by Gasteiger charge is -2.17. The van der Waals surface area contributed by atoms with Crippen molar-refractivity contribution in [1.82, 2.24) is 0 Å². The van der Waals surface area contributed by atoms with Gasteiger partial charge in [0.2, 0.25) is 18.6 Å². The van der Waals surface area contributed by atoms with Crippen molar-refractivity contribution in [3.8, 4) is 17.2 Å². The molecule has 150 valence electrons. The number of carbonyl (C=O) groups excluding carboxylic acids is 2. The smallest absolute Gasteiger partial charge is 0.273 e. The third-order valence-electron chi connectivity index (χ3n) is 4.82. The van der Waals surface area contributed by atoms with Gasteiger partial charge in [0.15, 0.2) is 11.5 Å². The standard InChI is InChI=1S/C19H17N3O7/c1-27-16-8-13(22(25)26)2-4-14(16)20-19(24)11-6-18(23)21(9-11)12-3-5-15-17(7-12)29-10-28-15/h2-5,7-8,11H,6,9-10H2,1H3,(H,20,24). The summed E-state index contributed by atoms with van der Waals surface area (Å²) in [6.07, 6.45) is 0.0512. The Morgan fingerprint density at radius 2 is 2.03 bits per heavy atom. The Bertz CT molecular complexity index is 1010. The third kappa shape index (κ3) is 3.51. The van der Waals surface area contributed by atoms with Crippen LogP contribution in [-0.4, -0.2) is 37.2 Å². The summed E-state index contributed by atoms with van der Waals surface area (Å²) < 4.78 is 15.7. The molecule has 2 amide bonds. The Hall–Kier alpha value is -3.82. The fraction of sp³-hybridized carbons (Fsp3) is 0.263. The highest BCUT2D eigenvalue weighted by atomic mass is 16.7. The average Bonchev–Trinajstić information content (AvgIpc) is 3.33. The van der Waals surface area contributed by atoms with Gasteiger partial charge in [-0.15, -0.1) is 0 Å². The maximum absolute atomic E-state index is 12.7. The molecule has 1 saturated heterocycles. The molecule has 1 unspecified atom stereocenters. The van der Waals surface area contributed by atoms with Crippen molar-refractivity contribution >= 4 is 28.9 Å². The van der Waals surface area contributed by atoms with Gasteiger partial charge in [-0.05, 0) is 18.2 Å². The summed E-state index contributed by atoms with van der Waals surface area (Å²) in [6, 6.07) is 9.08. The van der Waals surface area contributed by atoms with Crippen LogP contribution in [-0.2, 0) is 9.59 Å². The number of nitrogens with zero attached hydrogens (tertiary/aromatic N) is 2. The summed E-state index contributed by atoms with van der Waals surface area (Å²) in [7, 11) is 1.36. The molecule has 0 spiro atoms. The van der Waals surface area contributed by atoms with Crippen molar-refractivity contribution in [2.45, 2.75) is 6.42 Å². The summed E-state index contributed by atoms with van der Waals surface area (Å²) in [6.45, 7) is 0.342. The first-order valence-corrected chi connectivity index (χ1v) is 8.79. The summed E-state index contributed by atoms with van der Waals surface area (Å²) in [4.78, 5) is 37.0. The Morgan fingerprint density at radius 3 is 2.79 bits per heavy atom. The van der Waals surface area contributed by atoms with Gasteiger partial charge in [0.25, 0.3) is 5.69 Å². The van der Waals surface area contributed by atoms with E-state index in [1.165, 1.54) is 30.2 Å². The number of benzene rings is 2. The molecular formula is C19H17N3O7. The number of nitro benzene ring substituents is 1. The Labute approximate surface area is 165 Å². The molecule has 10 nitrogen and oxygen atoms in total. The van der Waals surface area contributed by atoms with Gasteiger partial charge in [-0.2, -0.15) is 0 Å². The van der Waals surface area contributed by atoms with Crippen molar-refractivity contribution in [2.24, 2.45) is 5.92 Å². The van der Waals surface area contributed by atoms with Gasteiger partial charge in [0.1, 0.15) is 5.75 Å². The fourth-order valence-corrected chi connectivity index (χ4v) is 3.32. The molecule has 2 heterocycles. The predicted molar refractivity (Wildman–Crippen MR) is 101 cm³/mol. The number of hydrogen-bond donors (Lipinski definition) is 1. The van der Waals surface area contributed by atoms with Gasteiger partial charge < -0.3 is 24.4 Å². The zero-order chi connectivity index (χ0) is 20.5. The van der Waals surface area contributed by atoms with Crippen molar-refractivity contribution in [2.75, 3.05) is 30.7 Å². The van der Waals surface area contributed by atoms with E-state index in [2.05, 4.69) is 5.32 Å². The van der Waals surface area contributed by atoms with E-state index >= 15 is 0 Å². The van der Waals surface area contributed by atoms with Crippen LogP contribution in [0, 0.1) is 16.0 Å². The molecule has 0 aromatic heterocycles. The quantitative estimate of drug-likeness (QED) is 0.605. The topological polar surface area (TPSA) is 120 Å². The van der Waals surface area contributed by atoms with Crippen LogP contribution in [0.4, 0.5) is 17.1 Å². The zero-order valence-corrected chi connectivity index (χ0v) is 15.4. The molecule has 2 aliphatic rings. The second-order valence-electron chi connectivity index (χ2n) is 6.57. The van der Waals surface area contributed by atoms with Crippen LogP contribution < -0.4 is 24.4 Å². The maximum Gasteiger partial charge on any atom is 0.273 e. The van der Waals surface area contributed by atoms with Gasteiger partial charge in [-0.1, -0.05) is 0 Å². The number of hydrogen-bond acceptors (Lipinski definition) is 7. The van der Waals surface area contributed by atoms with Gasteiger partial charge in [0.05, 0.1) is 29.7 Å². The lowest BCUT2D eigenvalue weighted by molar-refractivity contribution is -0.384. The van der Waals surface area contributed by atoms with Crippen molar-refractivity contribution in [1.29, 1.82) is 0 Å². The molecule has 0 saturated carbocycles. The number of non-ortho nitro benzene ring substituents is 1. The highest BCUT2D eigenvalue weighted by molar-refractivity contribution is 6.04. The first kappa shape index (κ1) is 18.5. The number of rotatable bonds is 5. The van der Waals surface area contributed by atoms with Crippen molar-refractivity contribution in [3.63, 3.8) is 0 Å². The fourth-order valence-electron chi connectivity index (χ4n) is 3.32. The number of methoxy groups -OCH3 is 1. The van der Waals surface area contributed by atoms with Crippen LogP contribution in [0.15, 0.2) is 36.4 Å². The van der Waals surface area contributed by atoms with E-state index < -0.39 is 10.8 Å². The highest BCUT2D eigenvalue weighted by Crippen LogP contribution is 2.37. The normalized spacial score (nSPS) is 17.3. The molecule has 0 radical (unpaired) electrons. The lowest BCUT2D eigenvalue weighted by atomic mass is 10.1. The van der Waals surface area contributed by atoms with Crippen LogP contribution in [0.3, 0.4) is 0 Å². The molecule has 2 aromatic carbocycles. The second-order valence-corrected chi connectivity index (χ2v) is 6.57. The highest BCUT2D eigenvalue weighted by Gasteiger charge is 2.36. The molecule has 2 aliphatic heterocycles. The van der Waals surface area contributed by atoms with Gasteiger partial charge in [0, 0.05) is 30.8 Å². The third-order valence-corrected chi connectivity index (χ3v) is 4.82. The summed E-state index contributed by atoms with van der Waals surface area (Å²) in [5.74, 6) is 0.213. The number of nitro groups is 1. The summed E-state index contributed by atoms with van der Waals surface area (Å²) in [5, 5.41) is 13.6. The molecule has 1 fully saturated rings. The molecule has 4 rings (SSSR count). The lowest BCUT2D eigenvalue weighted by Crippen LogP contribution is -2.28. The first-order chi connectivity index (χ1) is 14.0. The van der Waals surface area contributed by atoms with Gasteiger partial charge in [-0.3, -0.25) is 19.7 Å². The van der Waals surface area contributed by atoms with Gasteiger partial charge in [-0.25, -0.2) is 0 Å². The van der Waals surface area contributed by atoms with Gasteiger partial charge >= 0.3 is 0 Å². The molecule has 0 aliphatic carbocycles. The number of carbonyl (C=O) groups is 2. The Morgan fingerprint density at radius 1 is 1.24 bits per heavy atom. The minimum atomic E-state index is -0.576. The monoisotopic (exact) mass is 399 g/mol. The van der Waals surface area contributed by atoms with E-state index in [9.17, 15) is 19.7 Å². The van der Waals surface area contributed by atoms with E-state index in [0.29, 0.717) is 22.9 Å². The molecule has 0 bridgehead atoms. The Balaban J connectivity index is 1.48. The predicted octanol–water partition coefficient (Wildman–Crippen LogP) is 2.32. The second kappa shape index (κ2) is 7.30. The molecule has 1 N–H and O–H groups in total. The largest absolute Gasteiger partial charge is 0.494 e. The van der Waals surface area contributed by atoms with Crippen LogP contribution in [0.1, 0.15) is 6.42 Å². The summed E-state index contributed by atoms with van der Waals surface area (Å²) >= 11 is 0.